The van der Waals surface area contributed by atoms with Gasteiger partial charge in [-0.2, -0.15) is 0 Å². The van der Waals surface area contributed by atoms with E-state index >= 15 is 0 Å². The third-order valence-electron chi connectivity index (χ3n) is 2.82. The molecule has 3 rings (SSSR count). The molecule has 106 valence electrons. The maximum absolute atomic E-state index is 11.4. The first-order chi connectivity index (χ1) is 10.1. The van der Waals surface area contributed by atoms with Gasteiger partial charge in [-0.3, -0.25) is 0 Å². The monoisotopic (exact) mass is 301 g/mol. The van der Waals surface area contributed by atoms with Crippen LogP contribution < -0.4 is 0 Å². The molecular formula is C14H11N3O3S. The number of para-hydroxylation sites is 1. The molecule has 0 saturated heterocycles. The van der Waals surface area contributed by atoms with E-state index in [1.54, 1.807) is 19.2 Å². The second-order valence-electron chi connectivity index (χ2n) is 4.29. The number of carbonyl (C=O) groups is 1. The summed E-state index contributed by atoms with van der Waals surface area (Å²) in [7, 11) is 0. The average Bonchev–Trinajstić information content (AvgIpc) is 3.05. The van der Waals surface area contributed by atoms with Crippen LogP contribution in [0.5, 0.6) is 0 Å². The van der Waals surface area contributed by atoms with Crippen molar-refractivity contribution in [1.82, 2.24) is 15.2 Å². The molecule has 3 aromatic rings. The molecular weight excluding hydrogens is 290 g/mol. The molecule has 0 aliphatic carbocycles. The first-order valence-electron chi connectivity index (χ1n) is 6.12. The Morgan fingerprint density at radius 2 is 2.19 bits per heavy atom. The molecule has 0 unspecified atom stereocenters. The fraction of sp³-hybridized carbons (Fsp3) is 0.0714. The zero-order valence-electron chi connectivity index (χ0n) is 11.0. The molecule has 0 atom stereocenters. The number of aromatic nitrogens is 3. The van der Waals surface area contributed by atoms with Gasteiger partial charge in [-0.1, -0.05) is 18.2 Å². The first-order valence-corrected chi connectivity index (χ1v) is 6.94. The van der Waals surface area contributed by atoms with Gasteiger partial charge in [0.1, 0.15) is 4.91 Å². The maximum Gasteiger partial charge on any atom is 0.342 e. The Bertz CT molecular complexity index is 835. The number of hydrogen-bond donors (Lipinski definition) is 2. The number of thioether (sulfide) groups is 1. The van der Waals surface area contributed by atoms with E-state index in [1.165, 1.54) is 0 Å². The number of H-pyrrole nitrogens is 1. The van der Waals surface area contributed by atoms with Crippen LogP contribution in [0.4, 0.5) is 0 Å². The Morgan fingerprint density at radius 1 is 1.38 bits per heavy atom. The van der Waals surface area contributed by atoms with E-state index in [2.05, 4.69) is 15.2 Å². The Hall–Kier alpha value is -2.54. The van der Waals surface area contributed by atoms with Crippen LogP contribution in [-0.2, 0) is 4.79 Å². The number of hydrogen-bond acceptors (Lipinski definition) is 5. The van der Waals surface area contributed by atoms with Crippen LogP contribution in [0.15, 0.2) is 45.0 Å². The number of aryl methyl sites for hydroxylation is 1. The van der Waals surface area contributed by atoms with E-state index < -0.39 is 5.97 Å². The molecule has 0 radical (unpaired) electrons. The Kier molecular flexibility index (Phi) is 3.49. The summed E-state index contributed by atoms with van der Waals surface area (Å²) in [6.45, 7) is 1.65. The Labute approximate surface area is 123 Å². The maximum atomic E-state index is 11.4. The van der Waals surface area contributed by atoms with Crippen LogP contribution in [0, 0.1) is 6.92 Å². The molecule has 21 heavy (non-hydrogen) atoms. The number of aliphatic carboxylic acids is 1. The Morgan fingerprint density at radius 3 is 2.90 bits per heavy atom. The van der Waals surface area contributed by atoms with Crippen molar-refractivity contribution in [3.05, 3.63) is 46.8 Å². The molecule has 7 heteroatoms. The van der Waals surface area contributed by atoms with Gasteiger partial charge in [0.05, 0.1) is 0 Å². The highest BCUT2D eigenvalue weighted by Gasteiger charge is 2.15. The Balaban J connectivity index is 1.98. The SMILES string of the molecule is Cc1nnc(S/C(=C/c2c[nH]c3ccccc23)C(=O)O)o1. The third kappa shape index (κ3) is 2.82. The van der Waals surface area contributed by atoms with Gasteiger partial charge in [0.2, 0.25) is 5.89 Å². The topological polar surface area (TPSA) is 92.0 Å². The quantitative estimate of drug-likeness (QED) is 0.568. The fourth-order valence-corrected chi connectivity index (χ4v) is 2.61. The number of benzene rings is 1. The minimum absolute atomic E-state index is 0.114. The van der Waals surface area contributed by atoms with Crippen LogP contribution in [-0.4, -0.2) is 26.3 Å². The lowest BCUT2D eigenvalue weighted by molar-refractivity contribution is -0.131. The summed E-state index contributed by atoms with van der Waals surface area (Å²) < 4.78 is 5.20. The summed E-state index contributed by atoms with van der Waals surface area (Å²) in [5, 5.41) is 18.0. The summed E-state index contributed by atoms with van der Waals surface area (Å²) in [6.07, 6.45) is 3.36. The standard InChI is InChI=1S/C14H11N3O3S/c1-8-16-17-14(20-8)21-12(13(18)19)6-9-7-15-11-5-3-2-4-10(9)11/h2-7,15H,1H3,(H,18,19)/b12-6+. The van der Waals surface area contributed by atoms with Gasteiger partial charge >= 0.3 is 5.97 Å². The number of carboxylic acids is 1. The number of fused-ring (bicyclic) bond motifs is 1. The molecule has 0 amide bonds. The number of rotatable bonds is 4. The molecule has 0 fully saturated rings. The van der Waals surface area contributed by atoms with Crippen LogP contribution in [0.25, 0.3) is 17.0 Å². The molecule has 2 aromatic heterocycles. The number of nitrogens with one attached hydrogen (secondary N) is 1. The molecule has 6 nitrogen and oxygen atoms in total. The van der Waals surface area contributed by atoms with E-state index in [0.29, 0.717) is 5.89 Å². The van der Waals surface area contributed by atoms with Gasteiger partial charge in [0.25, 0.3) is 5.22 Å². The van der Waals surface area contributed by atoms with Crippen molar-refractivity contribution >= 4 is 34.7 Å². The molecule has 1 aromatic carbocycles. The lowest BCUT2D eigenvalue weighted by atomic mass is 10.1. The minimum atomic E-state index is -1.04. The van der Waals surface area contributed by atoms with Crippen LogP contribution in [0.2, 0.25) is 0 Å². The van der Waals surface area contributed by atoms with Gasteiger partial charge in [-0.15, -0.1) is 10.2 Å². The average molecular weight is 301 g/mol. The van der Waals surface area contributed by atoms with Crippen molar-refractivity contribution in [3.63, 3.8) is 0 Å². The summed E-state index contributed by atoms with van der Waals surface area (Å²) in [6, 6.07) is 7.68. The van der Waals surface area contributed by atoms with E-state index in [9.17, 15) is 9.90 Å². The van der Waals surface area contributed by atoms with Gasteiger partial charge in [-0.25, -0.2) is 4.79 Å². The van der Waals surface area contributed by atoms with Crippen molar-refractivity contribution in [1.29, 1.82) is 0 Å². The lowest BCUT2D eigenvalue weighted by Crippen LogP contribution is -1.96. The lowest BCUT2D eigenvalue weighted by Gasteiger charge is -1.98. The summed E-state index contributed by atoms with van der Waals surface area (Å²) >= 11 is 0.932. The smallest absolute Gasteiger partial charge is 0.342 e. The van der Waals surface area contributed by atoms with Gasteiger partial charge in [0.15, 0.2) is 0 Å². The fourth-order valence-electron chi connectivity index (χ4n) is 1.90. The van der Waals surface area contributed by atoms with Crippen LogP contribution >= 0.6 is 11.8 Å². The molecule has 0 aliphatic heterocycles. The normalized spacial score (nSPS) is 12.0. The number of aromatic amines is 1. The molecule has 0 bridgehead atoms. The van der Waals surface area contributed by atoms with E-state index in [4.69, 9.17) is 4.42 Å². The molecule has 0 aliphatic rings. The second kappa shape index (κ2) is 5.45. The highest BCUT2D eigenvalue weighted by atomic mass is 32.2. The summed E-state index contributed by atoms with van der Waals surface area (Å²) in [5.74, 6) is -0.643. The van der Waals surface area contributed by atoms with Crippen molar-refractivity contribution in [2.75, 3.05) is 0 Å². The van der Waals surface area contributed by atoms with Gasteiger partial charge in [0, 0.05) is 29.6 Å². The first kappa shape index (κ1) is 13.4. The zero-order valence-corrected chi connectivity index (χ0v) is 11.8. The van der Waals surface area contributed by atoms with Crippen molar-refractivity contribution in [2.45, 2.75) is 12.1 Å². The predicted octanol–water partition coefficient (Wildman–Crippen LogP) is 3.08. The minimum Gasteiger partial charge on any atom is -0.477 e. The van der Waals surface area contributed by atoms with Gasteiger partial charge in [-0.05, 0) is 23.9 Å². The largest absolute Gasteiger partial charge is 0.477 e. The molecule has 0 saturated carbocycles. The third-order valence-corrected chi connectivity index (χ3v) is 3.68. The highest BCUT2D eigenvalue weighted by molar-refractivity contribution is 8.03. The van der Waals surface area contributed by atoms with E-state index in [-0.39, 0.29) is 10.1 Å². The van der Waals surface area contributed by atoms with E-state index in [0.717, 1.165) is 28.2 Å². The van der Waals surface area contributed by atoms with E-state index in [1.807, 2.05) is 24.3 Å². The summed E-state index contributed by atoms with van der Waals surface area (Å²) in [4.78, 5) is 14.6. The second-order valence-corrected chi connectivity index (χ2v) is 5.29. The van der Waals surface area contributed by atoms with Crippen molar-refractivity contribution < 1.29 is 14.3 Å². The predicted molar refractivity (Wildman–Crippen MR) is 78.8 cm³/mol. The number of carboxylic acid groups (broad SMARTS) is 1. The summed E-state index contributed by atoms with van der Waals surface area (Å²) in [5.41, 5.74) is 1.75. The molecule has 2 N–H and O–H groups in total. The van der Waals surface area contributed by atoms with Crippen molar-refractivity contribution in [3.8, 4) is 0 Å². The van der Waals surface area contributed by atoms with Crippen molar-refractivity contribution in [2.24, 2.45) is 0 Å². The molecule has 0 spiro atoms. The highest BCUT2D eigenvalue weighted by Crippen LogP contribution is 2.29. The van der Waals surface area contributed by atoms with Crippen LogP contribution in [0.3, 0.4) is 0 Å². The van der Waals surface area contributed by atoms with Crippen LogP contribution in [0.1, 0.15) is 11.5 Å². The van der Waals surface area contributed by atoms with Gasteiger partial charge < -0.3 is 14.5 Å². The zero-order chi connectivity index (χ0) is 14.8. The molecule has 2 heterocycles. The number of nitrogens with zero attached hydrogens (tertiary/aromatic N) is 2.